The Morgan fingerprint density at radius 3 is 2.48 bits per heavy atom. The van der Waals surface area contributed by atoms with Crippen molar-refractivity contribution in [3.05, 3.63) is 74.8 Å². The van der Waals surface area contributed by atoms with Gasteiger partial charge in [0.2, 0.25) is 0 Å². The number of carbonyl (C=O) groups excluding carboxylic acids is 1. The second kappa shape index (κ2) is 7.40. The molecule has 1 N–H and O–H groups in total. The highest BCUT2D eigenvalue weighted by Crippen LogP contribution is 2.13. The Kier molecular flexibility index (Phi) is 5.30. The van der Waals surface area contributed by atoms with Gasteiger partial charge in [0.15, 0.2) is 0 Å². The number of alkyl carbamates (subject to hydrolysis) is 1. The van der Waals surface area contributed by atoms with Gasteiger partial charge >= 0.3 is 6.09 Å². The van der Waals surface area contributed by atoms with E-state index in [-0.39, 0.29) is 12.3 Å². The molecule has 120 valence electrons. The Balaban J connectivity index is 1.82. The van der Waals surface area contributed by atoms with E-state index >= 15 is 0 Å². The van der Waals surface area contributed by atoms with Gasteiger partial charge in [-0.1, -0.05) is 23.8 Å². The van der Waals surface area contributed by atoms with Crippen molar-refractivity contribution in [2.45, 2.75) is 27.0 Å². The normalized spacial score (nSPS) is 10.2. The number of nitrogens with zero attached hydrogens (tertiary/aromatic N) is 1. The van der Waals surface area contributed by atoms with Crippen LogP contribution in [0.15, 0.2) is 42.5 Å². The number of nitrogens with one attached hydrogen (secondary N) is 1. The first kappa shape index (κ1) is 16.5. The molecule has 0 aliphatic heterocycles. The minimum atomic E-state index is -0.525. The first-order valence-corrected chi connectivity index (χ1v) is 7.16. The maximum absolute atomic E-state index is 11.7. The monoisotopic (exact) mass is 314 g/mol. The Hall–Kier alpha value is -2.89. The van der Waals surface area contributed by atoms with Crippen molar-refractivity contribution < 1.29 is 14.5 Å². The third-order valence-electron chi connectivity index (χ3n) is 3.44. The van der Waals surface area contributed by atoms with Crippen LogP contribution in [0.2, 0.25) is 0 Å². The van der Waals surface area contributed by atoms with E-state index in [4.69, 9.17) is 4.74 Å². The summed E-state index contributed by atoms with van der Waals surface area (Å²) in [5.74, 6) is 0. The third-order valence-corrected chi connectivity index (χ3v) is 3.44. The maximum atomic E-state index is 11.7. The number of nitro benzene ring substituents is 1. The van der Waals surface area contributed by atoms with Gasteiger partial charge in [-0.15, -0.1) is 0 Å². The number of ether oxygens (including phenoxy) is 1. The van der Waals surface area contributed by atoms with Crippen LogP contribution in [0.5, 0.6) is 0 Å². The summed E-state index contributed by atoms with van der Waals surface area (Å²) in [5, 5.41) is 13.2. The molecule has 6 nitrogen and oxygen atoms in total. The lowest BCUT2D eigenvalue weighted by Crippen LogP contribution is -2.24. The first-order valence-electron chi connectivity index (χ1n) is 7.16. The lowest BCUT2D eigenvalue weighted by molar-refractivity contribution is -0.384. The highest BCUT2D eigenvalue weighted by Gasteiger charge is 2.07. The molecule has 1 amide bonds. The molecule has 0 aliphatic carbocycles. The van der Waals surface area contributed by atoms with Crippen LogP contribution in [0, 0.1) is 24.0 Å². The van der Waals surface area contributed by atoms with Gasteiger partial charge in [-0.05, 0) is 42.7 Å². The molecule has 0 radical (unpaired) electrons. The number of nitro groups is 1. The zero-order valence-electron chi connectivity index (χ0n) is 13.0. The molecule has 0 atom stereocenters. The fourth-order valence-electron chi connectivity index (χ4n) is 2.13. The van der Waals surface area contributed by atoms with Crippen molar-refractivity contribution in [3.63, 3.8) is 0 Å². The van der Waals surface area contributed by atoms with Crippen LogP contribution in [0.3, 0.4) is 0 Å². The summed E-state index contributed by atoms with van der Waals surface area (Å²) in [6, 6.07) is 11.9. The lowest BCUT2D eigenvalue weighted by atomic mass is 10.1. The van der Waals surface area contributed by atoms with Crippen molar-refractivity contribution in [2.75, 3.05) is 0 Å². The molecular weight excluding hydrogens is 296 g/mol. The Morgan fingerprint density at radius 1 is 1.17 bits per heavy atom. The van der Waals surface area contributed by atoms with Crippen LogP contribution in [-0.4, -0.2) is 11.0 Å². The highest BCUT2D eigenvalue weighted by atomic mass is 16.6. The number of rotatable bonds is 5. The number of carbonyl (C=O) groups is 1. The van der Waals surface area contributed by atoms with E-state index in [1.165, 1.54) is 17.7 Å². The van der Waals surface area contributed by atoms with E-state index in [0.717, 1.165) is 11.1 Å². The molecule has 2 aromatic carbocycles. The van der Waals surface area contributed by atoms with E-state index < -0.39 is 11.0 Å². The standard InChI is InChI=1S/C17H18N2O4/c1-12-3-6-15(13(2)9-12)10-18-17(20)23-11-14-4-7-16(8-5-14)19(21)22/h3-9H,10-11H2,1-2H3,(H,18,20). The molecule has 2 aromatic rings. The summed E-state index contributed by atoms with van der Waals surface area (Å²) in [4.78, 5) is 21.8. The Morgan fingerprint density at radius 2 is 1.87 bits per heavy atom. The van der Waals surface area contributed by atoms with Crippen molar-refractivity contribution in [2.24, 2.45) is 0 Å². The van der Waals surface area contributed by atoms with Gasteiger partial charge in [-0.25, -0.2) is 4.79 Å². The fourth-order valence-corrected chi connectivity index (χ4v) is 2.13. The van der Waals surface area contributed by atoms with Crippen LogP contribution in [0.25, 0.3) is 0 Å². The average molecular weight is 314 g/mol. The summed E-state index contributed by atoms with van der Waals surface area (Å²) in [5.41, 5.74) is 4.01. The van der Waals surface area contributed by atoms with Crippen LogP contribution in [0.4, 0.5) is 10.5 Å². The van der Waals surface area contributed by atoms with Crippen LogP contribution in [-0.2, 0) is 17.9 Å². The van der Waals surface area contributed by atoms with Crippen molar-refractivity contribution in [1.82, 2.24) is 5.32 Å². The van der Waals surface area contributed by atoms with Crippen molar-refractivity contribution in [3.8, 4) is 0 Å². The van der Waals surface area contributed by atoms with E-state index in [1.807, 2.05) is 26.0 Å². The van der Waals surface area contributed by atoms with Gasteiger partial charge in [0.1, 0.15) is 6.61 Å². The molecule has 0 aliphatic rings. The molecule has 0 aromatic heterocycles. The predicted molar refractivity (Wildman–Crippen MR) is 86.0 cm³/mol. The van der Waals surface area contributed by atoms with Gasteiger partial charge < -0.3 is 10.1 Å². The second-order valence-corrected chi connectivity index (χ2v) is 5.28. The largest absolute Gasteiger partial charge is 0.445 e. The number of non-ortho nitro benzene ring substituents is 1. The Bertz CT molecular complexity index is 711. The van der Waals surface area contributed by atoms with Crippen molar-refractivity contribution >= 4 is 11.8 Å². The summed E-state index contributed by atoms with van der Waals surface area (Å²) >= 11 is 0. The van der Waals surface area contributed by atoms with Crippen molar-refractivity contribution in [1.29, 1.82) is 0 Å². The zero-order chi connectivity index (χ0) is 16.8. The topological polar surface area (TPSA) is 81.5 Å². The summed E-state index contributed by atoms with van der Waals surface area (Å²) in [7, 11) is 0. The number of hydrogen-bond acceptors (Lipinski definition) is 4. The van der Waals surface area contributed by atoms with Gasteiger partial charge in [0.05, 0.1) is 4.92 Å². The van der Waals surface area contributed by atoms with Crippen LogP contribution in [0.1, 0.15) is 22.3 Å². The average Bonchev–Trinajstić information content (AvgIpc) is 2.52. The summed E-state index contributed by atoms with van der Waals surface area (Å²) in [6.07, 6.45) is -0.525. The van der Waals surface area contributed by atoms with Gasteiger partial charge in [-0.2, -0.15) is 0 Å². The van der Waals surface area contributed by atoms with E-state index in [0.29, 0.717) is 12.1 Å². The maximum Gasteiger partial charge on any atom is 0.407 e. The zero-order valence-corrected chi connectivity index (χ0v) is 13.0. The van der Waals surface area contributed by atoms with E-state index in [1.54, 1.807) is 12.1 Å². The molecule has 0 spiro atoms. The summed E-state index contributed by atoms with van der Waals surface area (Å²) in [6.45, 7) is 4.47. The molecule has 23 heavy (non-hydrogen) atoms. The highest BCUT2D eigenvalue weighted by molar-refractivity contribution is 5.67. The number of hydrogen-bond donors (Lipinski definition) is 1. The smallest absolute Gasteiger partial charge is 0.407 e. The molecular formula is C17H18N2O4. The molecule has 0 heterocycles. The molecule has 0 saturated carbocycles. The van der Waals surface area contributed by atoms with Gasteiger partial charge in [0, 0.05) is 18.7 Å². The number of aryl methyl sites for hydroxylation is 2. The second-order valence-electron chi connectivity index (χ2n) is 5.28. The summed E-state index contributed by atoms with van der Waals surface area (Å²) < 4.78 is 5.09. The predicted octanol–water partition coefficient (Wildman–Crippen LogP) is 3.64. The molecule has 0 unspecified atom stereocenters. The molecule has 0 bridgehead atoms. The van der Waals surface area contributed by atoms with Crippen LogP contribution < -0.4 is 5.32 Å². The minimum absolute atomic E-state index is 0.00745. The molecule has 0 saturated heterocycles. The lowest BCUT2D eigenvalue weighted by Gasteiger charge is -2.09. The quantitative estimate of drug-likeness (QED) is 0.675. The van der Waals surface area contributed by atoms with Gasteiger partial charge in [-0.3, -0.25) is 10.1 Å². The SMILES string of the molecule is Cc1ccc(CNC(=O)OCc2ccc([N+](=O)[O-])cc2)c(C)c1. The molecule has 0 fully saturated rings. The van der Waals surface area contributed by atoms with Crippen LogP contribution >= 0.6 is 0 Å². The van der Waals surface area contributed by atoms with E-state index in [9.17, 15) is 14.9 Å². The van der Waals surface area contributed by atoms with Gasteiger partial charge in [0.25, 0.3) is 5.69 Å². The number of amides is 1. The van der Waals surface area contributed by atoms with E-state index in [2.05, 4.69) is 11.4 Å². The third kappa shape index (κ3) is 4.81. The Labute approximate surface area is 134 Å². The first-order chi connectivity index (χ1) is 11.0. The molecule has 6 heteroatoms. The number of benzene rings is 2. The minimum Gasteiger partial charge on any atom is -0.445 e. The fraction of sp³-hybridized carbons (Fsp3) is 0.235. The molecule has 2 rings (SSSR count).